The fourth-order valence-corrected chi connectivity index (χ4v) is 3.95. The van der Waals surface area contributed by atoms with Crippen LogP contribution in [0.15, 0.2) is 36.4 Å². The van der Waals surface area contributed by atoms with E-state index in [-0.39, 0.29) is 17.5 Å². The van der Waals surface area contributed by atoms with Gasteiger partial charge < -0.3 is 4.74 Å². The largest absolute Gasteiger partial charge is 0.491 e. The molecule has 0 radical (unpaired) electrons. The summed E-state index contributed by atoms with van der Waals surface area (Å²) >= 11 is 0. The molecule has 1 fully saturated rings. The molecule has 3 rings (SSSR count). The highest BCUT2D eigenvalue weighted by Crippen LogP contribution is 2.39. The molecule has 4 heteroatoms. The molecule has 140 valence electrons. The first kappa shape index (κ1) is 18.8. The lowest BCUT2D eigenvalue weighted by Crippen LogP contribution is -2.15. The Morgan fingerprint density at radius 2 is 1.73 bits per heavy atom. The fraction of sp³-hybridized carbons (Fsp3) is 0.455. The molecule has 2 aromatic carbocycles. The summed E-state index contributed by atoms with van der Waals surface area (Å²) in [4.78, 5) is 0. The number of hydrogen-bond donors (Lipinski definition) is 0. The van der Waals surface area contributed by atoms with E-state index in [1.165, 1.54) is 12.1 Å². The SMILES string of the molecule is CCOc1ccc(C2CCC(CCc3cccc(F)c3)CC2)c(F)c1F. The monoisotopic (exact) mass is 362 g/mol. The van der Waals surface area contributed by atoms with E-state index >= 15 is 0 Å². The molecular weight excluding hydrogens is 337 g/mol. The van der Waals surface area contributed by atoms with Gasteiger partial charge in [-0.1, -0.05) is 18.2 Å². The van der Waals surface area contributed by atoms with Crippen molar-refractivity contribution in [2.24, 2.45) is 5.92 Å². The van der Waals surface area contributed by atoms with Crippen LogP contribution in [0.3, 0.4) is 0 Å². The van der Waals surface area contributed by atoms with Crippen molar-refractivity contribution < 1.29 is 17.9 Å². The molecule has 0 bridgehead atoms. The number of aryl methyl sites for hydroxylation is 1. The second kappa shape index (κ2) is 8.61. The molecule has 0 spiro atoms. The lowest BCUT2D eigenvalue weighted by atomic mass is 9.76. The zero-order chi connectivity index (χ0) is 18.5. The molecule has 0 N–H and O–H groups in total. The van der Waals surface area contributed by atoms with Gasteiger partial charge in [0.25, 0.3) is 0 Å². The Balaban J connectivity index is 1.56. The summed E-state index contributed by atoms with van der Waals surface area (Å²) in [7, 11) is 0. The van der Waals surface area contributed by atoms with Gasteiger partial charge in [-0.25, -0.2) is 8.78 Å². The van der Waals surface area contributed by atoms with Crippen LogP contribution in [0.25, 0.3) is 0 Å². The van der Waals surface area contributed by atoms with Crippen molar-refractivity contribution in [3.8, 4) is 5.75 Å². The van der Waals surface area contributed by atoms with Crippen LogP contribution in [-0.2, 0) is 6.42 Å². The van der Waals surface area contributed by atoms with Crippen LogP contribution >= 0.6 is 0 Å². The quantitative estimate of drug-likeness (QED) is 0.577. The summed E-state index contributed by atoms with van der Waals surface area (Å²) < 4.78 is 46.8. The minimum absolute atomic E-state index is 0.0162. The van der Waals surface area contributed by atoms with Crippen LogP contribution in [0, 0.1) is 23.4 Å². The summed E-state index contributed by atoms with van der Waals surface area (Å²) in [6.07, 6.45) is 5.58. The summed E-state index contributed by atoms with van der Waals surface area (Å²) in [5.74, 6) is -1.23. The average molecular weight is 362 g/mol. The van der Waals surface area contributed by atoms with Gasteiger partial charge in [-0.15, -0.1) is 0 Å². The van der Waals surface area contributed by atoms with Crippen molar-refractivity contribution in [3.05, 3.63) is 65.0 Å². The number of rotatable bonds is 6. The maximum atomic E-state index is 14.4. The Labute approximate surface area is 153 Å². The van der Waals surface area contributed by atoms with Crippen LogP contribution in [0.5, 0.6) is 5.75 Å². The van der Waals surface area contributed by atoms with Gasteiger partial charge in [0.05, 0.1) is 6.61 Å². The van der Waals surface area contributed by atoms with E-state index < -0.39 is 11.6 Å². The molecule has 2 aromatic rings. The van der Waals surface area contributed by atoms with Gasteiger partial charge in [0, 0.05) is 0 Å². The van der Waals surface area contributed by atoms with Crippen molar-refractivity contribution in [1.29, 1.82) is 0 Å². The molecule has 0 aliphatic heterocycles. The van der Waals surface area contributed by atoms with Gasteiger partial charge in [-0.2, -0.15) is 4.39 Å². The number of halogens is 3. The molecule has 0 unspecified atom stereocenters. The molecule has 26 heavy (non-hydrogen) atoms. The molecule has 0 aromatic heterocycles. The highest BCUT2D eigenvalue weighted by atomic mass is 19.2. The molecule has 0 amide bonds. The third-order valence-corrected chi connectivity index (χ3v) is 5.39. The van der Waals surface area contributed by atoms with Crippen molar-refractivity contribution >= 4 is 0 Å². The van der Waals surface area contributed by atoms with E-state index in [4.69, 9.17) is 4.74 Å². The molecule has 1 aliphatic rings. The number of ether oxygens (including phenoxy) is 1. The Morgan fingerprint density at radius 1 is 0.962 bits per heavy atom. The van der Waals surface area contributed by atoms with Crippen molar-refractivity contribution in [1.82, 2.24) is 0 Å². The maximum Gasteiger partial charge on any atom is 0.200 e. The van der Waals surface area contributed by atoms with E-state index in [0.29, 0.717) is 18.1 Å². The average Bonchev–Trinajstić information content (AvgIpc) is 2.65. The molecular formula is C22H25F3O. The Bertz CT molecular complexity index is 736. The van der Waals surface area contributed by atoms with E-state index in [1.54, 1.807) is 25.1 Å². The normalized spacial score (nSPS) is 20.2. The molecule has 0 heterocycles. The minimum Gasteiger partial charge on any atom is -0.491 e. The standard InChI is InChI=1S/C22H25F3O/c1-2-26-20-13-12-19(21(24)22(20)25)17-10-8-15(9-11-17)6-7-16-4-3-5-18(23)14-16/h3-5,12-15,17H,2,6-11H2,1H3. The van der Waals surface area contributed by atoms with Gasteiger partial charge in [0.2, 0.25) is 5.82 Å². The second-order valence-electron chi connectivity index (χ2n) is 7.10. The zero-order valence-electron chi connectivity index (χ0n) is 15.1. The fourth-order valence-electron chi connectivity index (χ4n) is 3.95. The summed E-state index contributed by atoms with van der Waals surface area (Å²) in [5.41, 5.74) is 1.49. The van der Waals surface area contributed by atoms with Crippen molar-refractivity contribution in [3.63, 3.8) is 0 Å². The van der Waals surface area contributed by atoms with E-state index in [2.05, 4.69) is 0 Å². The van der Waals surface area contributed by atoms with Crippen molar-refractivity contribution in [2.45, 2.75) is 51.4 Å². The highest BCUT2D eigenvalue weighted by Gasteiger charge is 2.26. The molecule has 1 saturated carbocycles. The zero-order valence-corrected chi connectivity index (χ0v) is 15.1. The molecule has 0 saturated heterocycles. The van der Waals surface area contributed by atoms with Gasteiger partial charge in [-0.3, -0.25) is 0 Å². The van der Waals surface area contributed by atoms with Crippen molar-refractivity contribution in [2.75, 3.05) is 6.61 Å². The lowest BCUT2D eigenvalue weighted by Gasteiger charge is -2.29. The first-order valence-electron chi connectivity index (χ1n) is 9.43. The van der Waals surface area contributed by atoms with Gasteiger partial charge >= 0.3 is 0 Å². The third kappa shape index (κ3) is 4.40. The summed E-state index contributed by atoms with van der Waals surface area (Å²) in [6.45, 7) is 2.06. The smallest absolute Gasteiger partial charge is 0.200 e. The molecule has 1 aliphatic carbocycles. The molecule has 0 atom stereocenters. The Hall–Kier alpha value is -1.97. The topological polar surface area (TPSA) is 9.23 Å². The van der Waals surface area contributed by atoms with Crippen LogP contribution in [-0.4, -0.2) is 6.61 Å². The van der Waals surface area contributed by atoms with Crippen LogP contribution in [0.2, 0.25) is 0 Å². The van der Waals surface area contributed by atoms with Gasteiger partial charge in [0.1, 0.15) is 5.82 Å². The van der Waals surface area contributed by atoms with Crippen LogP contribution < -0.4 is 4.74 Å². The van der Waals surface area contributed by atoms with Crippen LogP contribution in [0.1, 0.15) is 56.1 Å². The predicted molar refractivity (Wildman–Crippen MR) is 96.9 cm³/mol. The number of benzene rings is 2. The van der Waals surface area contributed by atoms with Gasteiger partial charge in [0.15, 0.2) is 11.6 Å². The summed E-state index contributed by atoms with van der Waals surface area (Å²) in [5, 5.41) is 0. The van der Waals surface area contributed by atoms with E-state index in [9.17, 15) is 13.2 Å². The summed E-state index contributed by atoms with van der Waals surface area (Å²) in [6, 6.07) is 9.94. The Kier molecular flexibility index (Phi) is 6.23. The predicted octanol–water partition coefficient (Wildman–Crippen LogP) is 6.41. The highest BCUT2D eigenvalue weighted by molar-refractivity contribution is 5.33. The van der Waals surface area contributed by atoms with E-state index in [1.807, 2.05) is 6.07 Å². The second-order valence-corrected chi connectivity index (χ2v) is 7.10. The minimum atomic E-state index is -0.877. The maximum absolute atomic E-state index is 14.4. The third-order valence-electron chi connectivity index (χ3n) is 5.39. The lowest BCUT2D eigenvalue weighted by molar-refractivity contribution is 0.297. The first-order chi connectivity index (χ1) is 12.6. The first-order valence-corrected chi connectivity index (χ1v) is 9.43. The molecule has 1 nitrogen and oxygen atoms in total. The van der Waals surface area contributed by atoms with E-state index in [0.717, 1.165) is 44.1 Å². The Morgan fingerprint density at radius 3 is 2.42 bits per heavy atom. The van der Waals surface area contributed by atoms with Gasteiger partial charge in [-0.05, 0) is 86.6 Å². The number of hydrogen-bond acceptors (Lipinski definition) is 1. The van der Waals surface area contributed by atoms with Crippen LogP contribution in [0.4, 0.5) is 13.2 Å².